The molecule has 0 atom stereocenters. The lowest BCUT2D eigenvalue weighted by atomic mass is 10.1. The van der Waals surface area contributed by atoms with Gasteiger partial charge in [0.1, 0.15) is 0 Å². The molecule has 3 nitrogen and oxygen atoms in total. The van der Waals surface area contributed by atoms with Crippen molar-refractivity contribution in [2.45, 2.75) is 6.18 Å². The summed E-state index contributed by atoms with van der Waals surface area (Å²) in [5.74, 6) is -0.268. The Balaban J connectivity index is 1.78. The Bertz CT molecular complexity index is 949. The van der Waals surface area contributed by atoms with Crippen molar-refractivity contribution in [3.8, 4) is 0 Å². The Kier molecular flexibility index (Phi) is 5.35. The van der Waals surface area contributed by atoms with Crippen LogP contribution in [0.3, 0.4) is 0 Å². The molecule has 0 aliphatic heterocycles. The maximum atomic E-state index is 12.6. The average molecular weight is 369 g/mol. The zero-order valence-corrected chi connectivity index (χ0v) is 14.1. The van der Waals surface area contributed by atoms with Crippen LogP contribution < -0.4 is 10.1 Å². The number of amides is 1. The number of pyridine rings is 1. The van der Waals surface area contributed by atoms with Crippen molar-refractivity contribution in [1.29, 1.82) is 0 Å². The fraction of sp³-hybridized carbons (Fsp3) is 0.0476. The Morgan fingerprint density at radius 2 is 1.52 bits per heavy atom. The lowest BCUT2D eigenvalue weighted by Crippen LogP contribution is -2.50. The summed E-state index contributed by atoms with van der Waals surface area (Å²) in [6.45, 7) is 0. The molecule has 6 heteroatoms. The van der Waals surface area contributed by atoms with E-state index in [-0.39, 0.29) is 5.91 Å². The quantitative estimate of drug-likeness (QED) is 0.673. The zero-order valence-electron chi connectivity index (χ0n) is 14.1. The molecule has 1 amide bonds. The van der Waals surface area contributed by atoms with Gasteiger partial charge in [0.15, 0.2) is 0 Å². The molecule has 1 aromatic heterocycles. The van der Waals surface area contributed by atoms with Crippen molar-refractivity contribution in [1.82, 2.24) is 0 Å². The second kappa shape index (κ2) is 7.86. The third-order valence-corrected chi connectivity index (χ3v) is 3.83. The van der Waals surface area contributed by atoms with Gasteiger partial charge in [-0.1, -0.05) is 35.0 Å². The first-order valence-electron chi connectivity index (χ1n) is 8.16. The van der Waals surface area contributed by atoms with Gasteiger partial charge in [0.05, 0.1) is 5.56 Å². The topological polar surface area (TPSA) is 33.0 Å². The number of alkyl halides is 3. The van der Waals surface area contributed by atoms with Crippen LogP contribution in [0.5, 0.6) is 0 Å². The standard InChI is InChI=1S/C21H15F3N2O/c22-21(23,24)18-12-9-16(10-13-18)11-14-19-8-4-5-15-26(19)25-20(27)17-6-2-1-3-7-17/h1-15H/p+1/b14-11+. The molecule has 136 valence electrons. The highest BCUT2D eigenvalue weighted by Crippen LogP contribution is 2.29. The van der Waals surface area contributed by atoms with Crippen LogP contribution in [0, 0.1) is 0 Å². The van der Waals surface area contributed by atoms with Gasteiger partial charge in [-0.25, -0.2) is 0 Å². The van der Waals surface area contributed by atoms with E-state index in [9.17, 15) is 18.0 Å². The summed E-state index contributed by atoms with van der Waals surface area (Å²) in [7, 11) is 0. The largest absolute Gasteiger partial charge is 0.416 e. The number of carbonyl (C=O) groups excluding carboxylic acids is 1. The minimum absolute atomic E-state index is 0.268. The SMILES string of the molecule is O=C(N[n+]1ccccc1/C=C/c1ccc(C(F)(F)F)cc1)c1ccccc1. The molecule has 0 spiro atoms. The van der Waals surface area contributed by atoms with Crippen molar-refractivity contribution in [3.63, 3.8) is 0 Å². The van der Waals surface area contributed by atoms with Crippen LogP contribution in [0.2, 0.25) is 0 Å². The Morgan fingerprint density at radius 1 is 0.852 bits per heavy atom. The molecule has 0 aliphatic carbocycles. The van der Waals surface area contributed by atoms with Gasteiger partial charge in [-0.05, 0) is 42.0 Å². The van der Waals surface area contributed by atoms with Crippen LogP contribution in [-0.2, 0) is 6.18 Å². The summed E-state index contributed by atoms with van der Waals surface area (Å²) >= 11 is 0. The maximum Gasteiger partial charge on any atom is 0.416 e. The summed E-state index contributed by atoms with van der Waals surface area (Å²) in [5.41, 5.74) is 3.89. The number of aromatic nitrogens is 1. The monoisotopic (exact) mass is 369 g/mol. The molecule has 0 radical (unpaired) electrons. The second-order valence-electron chi connectivity index (χ2n) is 5.76. The lowest BCUT2D eigenvalue weighted by Gasteiger charge is -2.05. The molecule has 3 rings (SSSR count). The van der Waals surface area contributed by atoms with Gasteiger partial charge in [-0.2, -0.15) is 13.2 Å². The number of rotatable bonds is 4. The van der Waals surface area contributed by atoms with E-state index in [1.165, 1.54) is 12.1 Å². The first-order valence-corrected chi connectivity index (χ1v) is 8.16. The van der Waals surface area contributed by atoms with Crippen LogP contribution in [0.15, 0.2) is 79.0 Å². The first kappa shape index (κ1) is 18.4. The third kappa shape index (κ3) is 4.82. The van der Waals surface area contributed by atoms with Crippen molar-refractivity contribution in [3.05, 3.63) is 101 Å². The lowest BCUT2D eigenvalue weighted by molar-refractivity contribution is -0.643. The van der Waals surface area contributed by atoms with E-state index in [4.69, 9.17) is 0 Å². The highest BCUT2D eigenvalue weighted by molar-refractivity contribution is 5.98. The molecule has 0 fully saturated rings. The van der Waals surface area contributed by atoms with E-state index >= 15 is 0 Å². The van der Waals surface area contributed by atoms with E-state index in [1.54, 1.807) is 65.5 Å². The zero-order chi connectivity index (χ0) is 19.3. The molecule has 2 aromatic carbocycles. The predicted molar refractivity (Wildman–Crippen MR) is 97.1 cm³/mol. The highest BCUT2D eigenvalue weighted by atomic mass is 19.4. The van der Waals surface area contributed by atoms with Gasteiger partial charge < -0.3 is 0 Å². The van der Waals surface area contributed by atoms with Gasteiger partial charge >= 0.3 is 12.1 Å². The molecular formula is C21H16F3N2O+. The number of carbonyl (C=O) groups is 1. The van der Waals surface area contributed by atoms with E-state index in [0.29, 0.717) is 16.8 Å². The number of nitrogens with zero attached hydrogens (tertiary/aromatic N) is 1. The average Bonchev–Trinajstić information content (AvgIpc) is 2.67. The first-order chi connectivity index (χ1) is 12.9. The molecular weight excluding hydrogens is 353 g/mol. The van der Waals surface area contributed by atoms with Crippen LogP contribution in [0.1, 0.15) is 27.2 Å². The number of nitrogens with one attached hydrogen (secondary N) is 1. The van der Waals surface area contributed by atoms with Gasteiger partial charge in [-0.15, -0.1) is 5.43 Å². The highest BCUT2D eigenvalue weighted by Gasteiger charge is 2.29. The fourth-order valence-corrected chi connectivity index (χ4v) is 2.42. The number of hydrogen-bond acceptors (Lipinski definition) is 1. The van der Waals surface area contributed by atoms with Gasteiger partial charge in [-0.3, -0.25) is 4.79 Å². The number of halogens is 3. The predicted octanol–water partition coefficient (Wildman–Crippen LogP) is 4.55. The molecule has 0 unspecified atom stereocenters. The van der Waals surface area contributed by atoms with Gasteiger partial charge in [0.2, 0.25) is 11.9 Å². The minimum Gasteiger partial charge on any atom is -0.264 e. The van der Waals surface area contributed by atoms with Crippen molar-refractivity contribution in [2.24, 2.45) is 0 Å². The Labute approximate surface area is 154 Å². The summed E-state index contributed by atoms with van der Waals surface area (Å²) in [6.07, 6.45) is 0.730. The molecule has 1 heterocycles. The normalized spacial score (nSPS) is 11.5. The third-order valence-electron chi connectivity index (χ3n) is 3.83. The van der Waals surface area contributed by atoms with Crippen LogP contribution >= 0.6 is 0 Å². The van der Waals surface area contributed by atoms with E-state index in [2.05, 4.69) is 5.43 Å². The molecule has 1 N–H and O–H groups in total. The van der Waals surface area contributed by atoms with E-state index in [0.717, 1.165) is 12.1 Å². The fourth-order valence-electron chi connectivity index (χ4n) is 2.42. The van der Waals surface area contributed by atoms with Crippen LogP contribution in [-0.4, -0.2) is 5.91 Å². The Hall–Kier alpha value is -3.41. The van der Waals surface area contributed by atoms with Crippen LogP contribution in [0.25, 0.3) is 12.2 Å². The van der Waals surface area contributed by atoms with E-state index < -0.39 is 11.7 Å². The van der Waals surface area contributed by atoms with Gasteiger partial charge in [0.25, 0.3) is 0 Å². The molecule has 0 saturated heterocycles. The maximum absolute atomic E-state index is 12.6. The molecule has 0 bridgehead atoms. The molecule has 3 aromatic rings. The molecule has 0 saturated carbocycles. The summed E-state index contributed by atoms with van der Waals surface area (Å²) < 4.78 is 39.4. The van der Waals surface area contributed by atoms with Crippen molar-refractivity contribution >= 4 is 18.1 Å². The second-order valence-corrected chi connectivity index (χ2v) is 5.76. The number of benzene rings is 2. The van der Waals surface area contributed by atoms with Crippen molar-refractivity contribution < 1.29 is 22.6 Å². The van der Waals surface area contributed by atoms with Crippen LogP contribution in [0.4, 0.5) is 13.2 Å². The van der Waals surface area contributed by atoms with E-state index in [1.807, 2.05) is 6.07 Å². The summed E-state index contributed by atoms with van der Waals surface area (Å²) in [5, 5.41) is 0. The minimum atomic E-state index is -4.35. The summed E-state index contributed by atoms with van der Waals surface area (Å²) in [6, 6.07) is 19.0. The molecule has 0 aliphatic rings. The Morgan fingerprint density at radius 3 is 2.19 bits per heavy atom. The van der Waals surface area contributed by atoms with Crippen molar-refractivity contribution in [2.75, 3.05) is 5.43 Å². The van der Waals surface area contributed by atoms with Gasteiger partial charge in [0, 0.05) is 23.8 Å². The number of hydrogen-bond donors (Lipinski definition) is 1. The molecule has 27 heavy (non-hydrogen) atoms. The summed E-state index contributed by atoms with van der Waals surface area (Å²) in [4.78, 5) is 12.3. The smallest absolute Gasteiger partial charge is 0.264 e.